The normalized spacial score (nSPS) is 15.2. The number of aliphatic hydroxyl groups excluding tert-OH is 1. The van der Waals surface area contributed by atoms with Crippen LogP contribution in [0.15, 0.2) is 0 Å². The van der Waals surface area contributed by atoms with Gasteiger partial charge in [-0.3, -0.25) is 4.79 Å². The Balaban J connectivity index is 4.04. The first-order valence-electron chi connectivity index (χ1n) is 3.04. The molecule has 2 heteroatoms. The van der Waals surface area contributed by atoms with Gasteiger partial charge in [-0.15, -0.1) is 0 Å². The molecule has 0 aromatic carbocycles. The van der Waals surface area contributed by atoms with Crippen molar-refractivity contribution in [2.24, 2.45) is 5.41 Å². The topological polar surface area (TPSA) is 37.3 Å². The van der Waals surface area contributed by atoms with Crippen molar-refractivity contribution < 1.29 is 9.90 Å². The van der Waals surface area contributed by atoms with E-state index in [1.54, 1.807) is 0 Å². The summed E-state index contributed by atoms with van der Waals surface area (Å²) in [6.07, 6.45) is -0.822. The van der Waals surface area contributed by atoms with Gasteiger partial charge in [-0.2, -0.15) is 0 Å². The van der Waals surface area contributed by atoms with Crippen molar-refractivity contribution >= 4 is 5.78 Å². The van der Waals surface area contributed by atoms with Gasteiger partial charge in [-0.25, -0.2) is 0 Å². The van der Waals surface area contributed by atoms with Gasteiger partial charge >= 0.3 is 0 Å². The summed E-state index contributed by atoms with van der Waals surface area (Å²) in [4.78, 5) is 10.5. The fourth-order valence-electron chi connectivity index (χ4n) is 0.610. The van der Waals surface area contributed by atoms with E-state index in [4.69, 9.17) is 5.11 Å². The van der Waals surface area contributed by atoms with Gasteiger partial charge in [0.1, 0.15) is 6.10 Å². The molecule has 0 aromatic rings. The minimum atomic E-state index is -0.822. The maximum Gasteiger partial charge on any atom is 0.158 e. The third-order valence-electron chi connectivity index (χ3n) is 1.21. The molecule has 0 unspecified atom stereocenters. The molecular formula is C7H14O2. The molecule has 1 N–H and O–H groups in total. The van der Waals surface area contributed by atoms with Crippen LogP contribution in [0.4, 0.5) is 0 Å². The van der Waals surface area contributed by atoms with E-state index in [2.05, 4.69) is 0 Å². The Labute approximate surface area is 55.9 Å². The molecule has 0 saturated carbocycles. The van der Waals surface area contributed by atoms with E-state index in [0.29, 0.717) is 0 Å². The van der Waals surface area contributed by atoms with Crippen molar-refractivity contribution in [1.29, 1.82) is 0 Å². The first-order chi connectivity index (χ1) is 3.85. The molecule has 0 saturated heterocycles. The molecule has 9 heavy (non-hydrogen) atoms. The summed E-state index contributed by atoms with van der Waals surface area (Å²) in [6.45, 7) is 6.90. The second-order valence-corrected chi connectivity index (χ2v) is 3.38. The van der Waals surface area contributed by atoms with E-state index >= 15 is 0 Å². The van der Waals surface area contributed by atoms with Crippen molar-refractivity contribution in [1.82, 2.24) is 0 Å². The molecule has 0 bridgehead atoms. The highest BCUT2D eigenvalue weighted by molar-refractivity contribution is 5.80. The fraction of sp³-hybridized carbons (Fsp3) is 0.857. The molecule has 0 fully saturated rings. The lowest BCUT2D eigenvalue weighted by atomic mass is 9.87. The smallest absolute Gasteiger partial charge is 0.158 e. The molecule has 0 aliphatic heterocycles. The van der Waals surface area contributed by atoms with Gasteiger partial charge in [0.05, 0.1) is 0 Å². The summed E-state index contributed by atoms with van der Waals surface area (Å²) in [5, 5.41) is 9.11. The molecule has 0 heterocycles. The van der Waals surface area contributed by atoms with Crippen LogP contribution in [0.1, 0.15) is 27.7 Å². The molecular weight excluding hydrogens is 116 g/mol. The van der Waals surface area contributed by atoms with Gasteiger partial charge in [0.2, 0.25) is 0 Å². The maximum atomic E-state index is 10.5. The SMILES string of the molecule is CC(=O)[C@@H](O)C(C)(C)C. The second kappa shape index (κ2) is 2.48. The summed E-state index contributed by atoms with van der Waals surface area (Å²) < 4.78 is 0. The zero-order valence-corrected chi connectivity index (χ0v) is 6.43. The van der Waals surface area contributed by atoms with Crippen LogP contribution in [-0.2, 0) is 4.79 Å². The number of hydrogen-bond acceptors (Lipinski definition) is 2. The maximum absolute atomic E-state index is 10.5. The minimum Gasteiger partial charge on any atom is -0.385 e. The van der Waals surface area contributed by atoms with Crippen LogP contribution in [-0.4, -0.2) is 17.0 Å². The first-order valence-corrected chi connectivity index (χ1v) is 3.04. The van der Waals surface area contributed by atoms with Crippen molar-refractivity contribution in [2.45, 2.75) is 33.8 Å². The quantitative estimate of drug-likeness (QED) is 0.574. The lowest BCUT2D eigenvalue weighted by Crippen LogP contribution is -2.32. The van der Waals surface area contributed by atoms with E-state index in [9.17, 15) is 4.79 Å². The highest BCUT2D eigenvalue weighted by atomic mass is 16.3. The third-order valence-corrected chi connectivity index (χ3v) is 1.21. The standard InChI is InChI=1S/C7H14O2/c1-5(8)6(9)7(2,3)4/h6,9H,1-4H3/t6-/m1/s1. The second-order valence-electron chi connectivity index (χ2n) is 3.38. The summed E-state index contributed by atoms with van der Waals surface area (Å²) in [6, 6.07) is 0. The van der Waals surface area contributed by atoms with Crippen LogP contribution in [0.25, 0.3) is 0 Å². The molecule has 0 aliphatic rings. The average Bonchev–Trinajstić information content (AvgIpc) is 1.62. The van der Waals surface area contributed by atoms with Crippen molar-refractivity contribution in [3.8, 4) is 0 Å². The third kappa shape index (κ3) is 2.61. The molecule has 0 aromatic heterocycles. The molecule has 54 valence electrons. The van der Waals surface area contributed by atoms with Crippen LogP contribution in [0.2, 0.25) is 0 Å². The van der Waals surface area contributed by atoms with Gasteiger partial charge in [0.15, 0.2) is 5.78 Å². The number of hydrogen-bond donors (Lipinski definition) is 1. The zero-order chi connectivity index (χ0) is 7.65. The van der Waals surface area contributed by atoms with Crippen molar-refractivity contribution in [3.63, 3.8) is 0 Å². The minimum absolute atomic E-state index is 0.164. The lowest BCUT2D eigenvalue weighted by Gasteiger charge is -2.22. The number of carbonyl (C=O) groups is 1. The predicted molar refractivity (Wildman–Crippen MR) is 36.1 cm³/mol. The van der Waals surface area contributed by atoms with Crippen LogP contribution >= 0.6 is 0 Å². The predicted octanol–water partition coefficient (Wildman–Crippen LogP) is 0.982. The molecule has 0 spiro atoms. The molecule has 0 rings (SSSR count). The van der Waals surface area contributed by atoms with Crippen LogP contribution < -0.4 is 0 Å². The number of ketones is 1. The van der Waals surface area contributed by atoms with Gasteiger partial charge in [0, 0.05) is 0 Å². The molecule has 0 aliphatic carbocycles. The Bertz CT molecular complexity index is 111. The van der Waals surface area contributed by atoms with E-state index in [-0.39, 0.29) is 11.2 Å². The monoisotopic (exact) mass is 130 g/mol. The average molecular weight is 130 g/mol. The van der Waals surface area contributed by atoms with E-state index in [1.807, 2.05) is 20.8 Å². The van der Waals surface area contributed by atoms with E-state index in [0.717, 1.165) is 0 Å². The van der Waals surface area contributed by atoms with Gasteiger partial charge in [-0.1, -0.05) is 20.8 Å². The fourth-order valence-corrected chi connectivity index (χ4v) is 0.610. The zero-order valence-electron chi connectivity index (χ0n) is 6.43. The first kappa shape index (κ1) is 8.63. The number of rotatable bonds is 1. The summed E-state index contributed by atoms with van der Waals surface area (Å²) >= 11 is 0. The van der Waals surface area contributed by atoms with Crippen molar-refractivity contribution in [2.75, 3.05) is 0 Å². The Morgan fingerprint density at radius 2 is 1.78 bits per heavy atom. The molecule has 1 atom stereocenters. The van der Waals surface area contributed by atoms with Crippen molar-refractivity contribution in [3.05, 3.63) is 0 Å². The van der Waals surface area contributed by atoms with Crippen LogP contribution in [0, 0.1) is 5.41 Å². The summed E-state index contributed by atoms with van der Waals surface area (Å²) in [7, 11) is 0. The Morgan fingerprint density at radius 3 is 1.78 bits per heavy atom. The Hall–Kier alpha value is -0.370. The number of aliphatic hydroxyl groups is 1. The van der Waals surface area contributed by atoms with Gasteiger partial charge in [0.25, 0.3) is 0 Å². The van der Waals surface area contributed by atoms with Gasteiger partial charge in [-0.05, 0) is 12.3 Å². The van der Waals surface area contributed by atoms with Crippen LogP contribution in [0.5, 0.6) is 0 Å². The van der Waals surface area contributed by atoms with E-state index in [1.165, 1.54) is 6.92 Å². The summed E-state index contributed by atoms with van der Waals surface area (Å²) in [5.74, 6) is -0.164. The molecule has 2 nitrogen and oxygen atoms in total. The Morgan fingerprint density at radius 1 is 1.44 bits per heavy atom. The van der Waals surface area contributed by atoms with E-state index < -0.39 is 6.10 Å². The highest BCUT2D eigenvalue weighted by Crippen LogP contribution is 2.18. The molecule has 0 radical (unpaired) electrons. The highest BCUT2D eigenvalue weighted by Gasteiger charge is 2.25. The number of carbonyl (C=O) groups excluding carboxylic acids is 1. The van der Waals surface area contributed by atoms with Gasteiger partial charge < -0.3 is 5.11 Å². The lowest BCUT2D eigenvalue weighted by molar-refractivity contribution is -0.129. The largest absolute Gasteiger partial charge is 0.385 e. The Kier molecular flexibility index (Phi) is 2.38. The number of Topliss-reactive ketones (excluding diaryl/α,β-unsaturated/α-hetero) is 1. The van der Waals surface area contributed by atoms with Crippen LogP contribution in [0.3, 0.4) is 0 Å². The summed E-state index contributed by atoms with van der Waals surface area (Å²) in [5.41, 5.74) is -0.314. The molecule has 0 amide bonds.